The fourth-order valence-electron chi connectivity index (χ4n) is 2.65. The summed E-state index contributed by atoms with van der Waals surface area (Å²) in [5.74, 6) is 1.41. The van der Waals surface area contributed by atoms with Crippen LogP contribution < -0.4 is 15.4 Å². The fourth-order valence-corrected chi connectivity index (χ4v) is 2.65. The van der Waals surface area contributed by atoms with Crippen molar-refractivity contribution in [3.05, 3.63) is 24.5 Å². The zero-order valence-corrected chi connectivity index (χ0v) is 18.5. The second-order valence-electron chi connectivity index (χ2n) is 6.54. The normalized spacial score (nSPS) is 17.5. The maximum atomic E-state index is 10.6. The van der Waals surface area contributed by atoms with Crippen LogP contribution in [0.3, 0.4) is 0 Å². The quantitative estimate of drug-likeness (QED) is 0.202. The molecule has 2 heterocycles. The van der Waals surface area contributed by atoms with Crippen molar-refractivity contribution in [1.29, 1.82) is 0 Å². The zero-order valence-electron chi connectivity index (χ0n) is 16.2. The molecular formula is C18H32IN5O3. The van der Waals surface area contributed by atoms with Gasteiger partial charge in [0.2, 0.25) is 0 Å². The fraction of sp³-hybridized carbons (Fsp3) is 0.667. The first-order valence-corrected chi connectivity index (χ1v) is 9.16. The molecule has 1 fully saturated rings. The first-order chi connectivity index (χ1) is 12.6. The molecule has 154 valence electrons. The van der Waals surface area contributed by atoms with Gasteiger partial charge in [-0.15, -0.1) is 24.0 Å². The molecule has 1 saturated heterocycles. The Kier molecular flexibility index (Phi) is 11.6. The van der Waals surface area contributed by atoms with Crippen LogP contribution in [-0.2, 0) is 4.74 Å². The predicted octanol–water partition coefficient (Wildman–Crippen LogP) is 0.717. The molecular weight excluding hydrogens is 461 g/mol. The summed E-state index contributed by atoms with van der Waals surface area (Å²) in [6.45, 7) is 9.74. The number of halogens is 1. The number of aliphatic hydroxyl groups is 1. The monoisotopic (exact) mass is 493 g/mol. The van der Waals surface area contributed by atoms with E-state index >= 15 is 0 Å². The Morgan fingerprint density at radius 1 is 1.41 bits per heavy atom. The van der Waals surface area contributed by atoms with Crippen LogP contribution in [-0.4, -0.2) is 85.6 Å². The number of aliphatic imine (C=N–C) groups is 1. The summed E-state index contributed by atoms with van der Waals surface area (Å²) < 4.78 is 10.9. The number of aromatic nitrogens is 1. The first-order valence-electron chi connectivity index (χ1n) is 9.16. The Labute approximate surface area is 178 Å². The average molecular weight is 493 g/mol. The van der Waals surface area contributed by atoms with Crippen molar-refractivity contribution in [2.45, 2.75) is 19.4 Å². The van der Waals surface area contributed by atoms with Crippen LogP contribution in [0.1, 0.15) is 13.8 Å². The van der Waals surface area contributed by atoms with Gasteiger partial charge in [-0.25, -0.2) is 0 Å². The van der Waals surface area contributed by atoms with E-state index in [-0.39, 0.29) is 24.0 Å². The molecule has 0 amide bonds. The molecule has 3 N–H and O–H groups in total. The highest BCUT2D eigenvalue weighted by Crippen LogP contribution is 2.09. The van der Waals surface area contributed by atoms with Crippen molar-refractivity contribution in [2.75, 3.05) is 59.1 Å². The molecule has 1 aliphatic heterocycles. The van der Waals surface area contributed by atoms with Gasteiger partial charge in [0.05, 0.1) is 38.1 Å². The summed E-state index contributed by atoms with van der Waals surface area (Å²) in [5, 5.41) is 17.0. The number of nitrogens with zero attached hydrogens (tertiary/aromatic N) is 3. The molecule has 8 nitrogen and oxygen atoms in total. The van der Waals surface area contributed by atoms with Crippen LogP contribution in [0.5, 0.6) is 5.75 Å². The van der Waals surface area contributed by atoms with Crippen molar-refractivity contribution < 1.29 is 14.6 Å². The van der Waals surface area contributed by atoms with Gasteiger partial charge in [0, 0.05) is 32.4 Å². The van der Waals surface area contributed by atoms with E-state index in [0.29, 0.717) is 32.2 Å². The lowest BCUT2D eigenvalue weighted by Crippen LogP contribution is -2.48. The standard InChI is InChI=1S/C18H31N5O3.HI/c1-3-20-17(21-7-10-26-16-5-4-6-19-13-16)22-14-18(2,24)15-23-8-11-25-12-9-23;/h4-6,13,24H,3,7-12,14-15H2,1-2H3,(H2,20,21,22);1H. The Morgan fingerprint density at radius 3 is 2.85 bits per heavy atom. The molecule has 0 aromatic carbocycles. The van der Waals surface area contributed by atoms with Crippen LogP contribution in [0.25, 0.3) is 0 Å². The van der Waals surface area contributed by atoms with E-state index in [1.807, 2.05) is 26.0 Å². The van der Waals surface area contributed by atoms with Crippen molar-refractivity contribution in [1.82, 2.24) is 20.5 Å². The number of rotatable bonds is 9. The summed E-state index contributed by atoms with van der Waals surface area (Å²) in [5.41, 5.74) is -0.883. The molecule has 0 spiro atoms. The van der Waals surface area contributed by atoms with Crippen molar-refractivity contribution in [3.8, 4) is 5.75 Å². The van der Waals surface area contributed by atoms with E-state index in [0.717, 1.165) is 38.6 Å². The summed E-state index contributed by atoms with van der Waals surface area (Å²) >= 11 is 0. The van der Waals surface area contributed by atoms with Crippen molar-refractivity contribution in [3.63, 3.8) is 0 Å². The average Bonchev–Trinajstić information content (AvgIpc) is 2.64. The molecule has 1 aromatic heterocycles. The Balaban J connectivity index is 0.00000364. The second-order valence-corrected chi connectivity index (χ2v) is 6.54. The molecule has 0 radical (unpaired) electrons. The lowest BCUT2D eigenvalue weighted by molar-refractivity contribution is -0.0179. The number of pyridine rings is 1. The highest BCUT2D eigenvalue weighted by Gasteiger charge is 2.25. The third kappa shape index (κ3) is 10.1. The molecule has 1 atom stereocenters. The van der Waals surface area contributed by atoms with Crippen LogP contribution in [0, 0.1) is 0 Å². The summed E-state index contributed by atoms with van der Waals surface area (Å²) in [6.07, 6.45) is 3.39. The minimum absolute atomic E-state index is 0. The minimum Gasteiger partial charge on any atom is -0.490 e. The maximum Gasteiger partial charge on any atom is 0.191 e. The predicted molar refractivity (Wildman–Crippen MR) is 117 cm³/mol. The summed E-state index contributed by atoms with van der Waals surface area (Å²) in [7, 11) is 0. The van der Waals surface area contributed by atoms with E-state index in [4.69, 9.17) is 9.47 Å². The molecule has 27 heavy (non-hydrogen) atoms. The van der Waals surface area contributed by atoms with E-state index in [2.05, 4.69) is 25.5 Å². The smallest absolute Gasteiger partial charge is 0.191 e. The number of hydrogen-bond donors (Lipinski definition) is 3. The lowest BCUT2D eigenvalue weighted by Gasteiger charge is -2.33. The van der Waals surface area contributed by atoms with Crippen LogP contribution in [0.15, 0.2) is 29.5 Å². The zero-order chi connectivity index (χ0) is 18.7. The summed E-state index contributed by atoms with van der Waals surface area (Å²) in [6, 6.07) is 3.71. The Bertz CT molecular complexity index is 539. The first kappa shape index (κ1) is 23.9. The van der Waals surface area contributed by atoms with Gasteiger partial charge in [-0.2, -0.15) is 0 Å². The van der Waals surface area contributed by atoms with E-state index < -0.39 is 5.60 Å². The van der Waals surface area contributed by atoms with Gasteiger partial charge in [-0.05, 0) is 26.0 Å². The molecule has 1 unspecified atom stereocenters. The number of guanidine groups is 1. The van der Waals surface area contributed by atoms with Crippen molar-refractivity contribution in [2.24, 2.45) is 4.99 Å². The van der Waals surface area contributed by atoms with Gasteiger partial charge in [0.25, 0.3) is 0 Å². The molecule has 9 heteroatoms. The highest BCUT2D eigenvalue weighted by molar-refractivity contribution is 14.0. The molecule has 1 aromatic rings. The van der Waals surface area contributed by atoms with Gasteiger partial charge in [0.1, 0.15) is 12.4 Å². The molecule has 1 aliphatic rings. The van der Waals surface area contributed by atoms with Gasteiger partial charge in [-0.3, -0.25) is 14.9 Å². The number of β-amino-alcohol motifs (C(OH)–C–C–N with tert-alkyl or cyclic N) is 1. The molecule has 0 bridgehead atoms. The van der Waals surface area contributed by atoms with E-state index in [1.54, 1.807) is 12.4 Å². The topological polar surface area (TPSA) is 91.2 Å². The summed E-state index contributed by atoms with van der Waals surface area (Å²) in [4.78, 5) is 10.7. The molecule has 0 aliphatic carbocycles. The van der Waals surface area contributed by atoms with Crippen LogP contribution in [0.2, 0.25) is 0 Å². The third-order valence-corrected chi connectivity index (χ3v) is 3.89. The number of nitrogens with one attached hydrogen (secondary N) is 2. The minimum atomic E-state index is -0.883. The van der Waals surface area contributed by atoms with Crippen molar-refractivity contribution >= 4 is 29.9 Å². The van der Waals surface area contributed by atoms with Crippen LogP contribution in [0.4, 0.5) is 0 Å². The van der Waals surface area contributed by atoms with Gasteiger partial charge >= 0.3 is 0 Å². The molecule has 2 rings (SSSR count). The third-order valence-electron chi connectivity index (χ3n) is 3.89. The largest absolute Gasteiger partial charge is 0.490 e. The lowest BCUT2D eigenvalue weighted by atomic mass is 10.1. The second kappa shape index (κ2) is 13.1. The van der Waals surface area contributed by atoms with E-state index in [9.17, 15) is 5.11 Å². The highest BCUT2D eigenvalue weighted by atomic mass is 127. The number of ether oxygens (including phenoxy) is 2. The SMILES string of the molecule is CCNC(=NCC(C)(O)CN1CCOCC1)NCCOc1cccnc1.I. The number of morpholine rings is 1. The van der Waals surface area contributed by atoms with Gasteiger partial charge in [-0.1, -0.05) is 0 Å². The number of hydrogen-bond acceptors (Lipinski definition) is 6. The maximum absolute atomic E-state index is 10.6. The Hall–Kier alpha value is -1.17. The van der Waals surface area contributed by atoms with Gasteiger partial charge in [0.15, 0.2) is 5.96 Å². The van der Waals surface area contributed by atoms with Gasteiger partial charge < -0.3 is 25.2 Å². The Morgan fingerprint density at radius 2 is 2.19 bits per heavy atom. The van der Waals surface area contributed by atoms with E-state index in [1.165, 1.54) is 0 Å². The van der Waals surface area contributed by atoms with Crippen LogP contribution >= 0.6 is 24.0 Å². The molecule has 0 saturated carbocycles.